The van der Waals surface area contributed by atoms with E-state index in [1.807, 2.05) is 6.08 Å². The Morgan fingerprint density at radius 2 is 1.04 bits per heavy atom. The van der Waals surface area contributed by atoms with E-state index in [1.54, 1.807) is 27.5 Å². The van der Waals surface area contributed by atoms with E-state index in [2.05, 4.69) is 48.6 Å². The van der Waals surface area contributed by atoms with Crippen LogP contribution < -0.4 is 42.3 Å². The van der Waals surface area contributed by atoms with E-state index in [0.717, 1.165) is 73.6 Å². The number of rotatable bonds is 0. The molecule has 8 aliphatic carbocycles. The van der Waals surface area contributed by atoms with Crippen molar-refractivity contribution in [3.05, 3.63) is 89.7 Å². The Labute approximate surface area is 278 Å². The number of anilines is 1. The molecule has 0 atom stereocenters. The number of carbonyl (C=O) groups excluding carboxylic acids is 1. The second kappa shape index (κ2) is 7.12. The van der Waals surface area contributed by atoms with E-state index in [1.165, 1.54) is 107 Å². The molecule has 2 N–H and O–H groups in total. The third kappa shape index (κ3) is 2.24. The van der Waals surface area contributed by atoms with Crippen LogP contribution in [0.3, 0.4) is 0 Å². The van der Waals surface area contributed by atoms with Crippen LogP contribution in [0.25, 0.3) is 116 Å². The molecule has 7 aromatic rings. The summed E-state index contributed by atoms with van der Waals surface area (Å²) in [6.07, 6.45) is 21.6. The fraction of sp³-hybridized carbons (Fsp3) is 0.170. The first kappa shape index (κ1) is 23.8. The molecule has 0 unspecified atom stereocenters. The van der Waals surface area contributed by atoms with Crippen LogP contribution in [0.5, 0.6) is 0 Å². The minimum Gasteiger partial charge on any atom is -0.398 e. The highest BCUT2D eigenvalue weighted by Crippen LogP contribution is 2.49. The molecule has 0 heterocycles. The topological polar surface area (TPSA) is 43.1 Å². The predicted octanol–water partition coefficient (Wildman–Crippen LogP) is 5.22. The number of hydrogen-bond acceptors (Lipinski definition) is 2. The van der Waals surface area contributed by atoms with E-state index in [-0.39, 0.29) is 5.78 Å². The number of nitrogen functional groups attached to an aromatic ring is 1. The monoisotopic (exact) mass is 621 g/mol. The summed E-state index contributed by atoms with van der Waals surface area (Å²) in [6, 6.07) is 7.29. The minimum absolute atomic E-state index is 0.154. The normalized spacial score (nSPS) is 20.4. The van der Waals surface area contributed by atoms with E-state index in [9.17, 15) is 4.79 Å². The molecule has 0 amide bonds. The average Bonchev–Trinajstić information content (AvgIpc) is 3.11. The lowest BCUT2D eigenvalue weighted by molar-refractivity contribution is -0.109. The summed E-state index contributed by atoms with van der Waals surface area (Å²) in [5, 5.41) is 27.2. The molecule has 15 rings (SSSR count). The lowest BCUT2D eigenvalue weighted by Crippen LogP contribution is -2.39. The largest absolute Gasteiger partial charge is 0.398 e. The maximum Gasteiger partial charge on any atom is 0.186 e. The number of benzene rings is 7. The van der Waals surface area contributed by atoms with Gasteiger partial charge < -0.3 is 5.73 Å². The number of hydrogen-bond donors (Lipinski definition) is 1. The van der Waals surface area contributed by atoms with Gasteiger partial charge in [-0.05, 0) is 166 Å². The van der Waals surface area contributed by atoms with Crippen molar-refractivity contribution in [3.8, 4) is 0 Å². The van der Waals surface area contributed by atoms with Crippen molar-refractivity contribution in [2.75, 3.05) is 5.73 Å². The predicted molar refractivity (Wildman–Crippen MR) is 204 cm³/mol. The molecule has 49 heavy (non-hydrogen) atoms. The SMILES string of the molecule is Nc1cc2c3c4c5c6c7c8c(cc9cc%10c%11c%12c%13c%14c(c1c3c%13c5c%11c97)C1=C(CC=CC1=O)CC=%14CC=%12CC=%10)C=CCC=8CC=6CC=4CC=2. The maximum atomic E-state index is 14.0. The first-order chi connectivity index (χ1) is 24.1. The third-order valence-corrected chi connectivity index (χ3v) is 14.1. The van der Waals surface area contributed by atoms with Gasteiger partial charge in [-0.2, -0.15) is 0 Å². The Morgan fingerprint density at radius 3 is 1.84 bits per heavy atom. The van der Waals surface area contributed by atoms with Crippen molar-refractivity contribution in [3.63, 3.8) is 0 Å². The molecular weight excluding hydrogens is 595 g/mol. The average molecular weight is 622 g/mol. The summed E-state index contributed by atoms with van der Waals surface area (Å²) in [7, 11) is 0. The highest BCUT2D eigenvalue weighted by Gasteiger charge is 2.37. The number of allylic oxidation sites excluding steroid dienone is 5. The second-order valence-electron chi connectivity index (χ2n) is 16.2. The number of nitrogens with two attached hydrogens (primary N) is 1. The van der Waals surface area contributed by atoms with E-state index < -0.39 is 0 Å². The van der Waals surface area contributed by atoms with E-state index >= 15 is 0 Å². The van der Waals surface area contributed by atoms with Gasteiger partial charge in [-0.25, -0.2) is 0 Å². The van der Waals surface area contributed by atoms with Crippen molar-refractivity contribution in [1.29, 1.82) is 0 Å². The Morgan fingerprint density at radius 1 is 0.469 bits per heavy atom. The lowest BCUT2D eigenvalue weighted by atomic mass is 9.68. The van der Waals surface area contributed by atoms with Crippen molar-refractivity contribution in [1.82, 2.24) is 0 Å². The molecule has 0 saturated heterocycles. The first-order valence-corrected chi connectivity index (χ1v) is 18.2. The molecule has 2 nitrogen and oxygen atoms in total. The summed E-state index contributed by atoms with van der Waals surface area (Å²) in [6.45, 7) is 0. The van der Waals surface area contributed by atoms with Gasteiger partial charge >= 0.3 is 0 Å². The van der Waals surface area contributed by atoms with Crippen LogP contribution in [-0.4, -0.2) is 5.78 Å². The molecule has 0 bridgehead atoms. The molecule has 0 saturated carbocycles. The minimum atomic E-state index is 0.154. The van der Waals surface area contributed by atoms with E-state index in [4.69, 9.17) is 5.73 Å². The van der Waals surface area contributed by atoms with Crippen LogP contribution >= 0.6 is 0 Å². The van der Waals surface area contributed by atoms with Gasteiger partial charge in [-0.3, -0.25) is 4.79 Å². The van der Waals surface area contributed by atoms with Crippen LogP contribution in [0.15, 0.2) is 42.0 Å². The lowest BCUT2D eigenvalue weighted by Gasteiger charge is -2.35. The summed E-state index contributed by atoms with van der Waals surface area (Å²) in [5.74, 6) is 0.154. The highest BCUT2D eigenvalue weighted by atomic mass is 16.1. The molecule has 7 aromatic carbocycles. The van der Waals surface area contributed by atoms with E-state index in [0.29, 0.717) is 0 Å². The van der Waals surface area contributed by atoms with Crippen LogP contribution in [0.2, 0.25) is 0 Å². The van der Waals surface area contributed by atoms with Gasteiger partial charge in [-0.1, -0.05) is 63.8 Å². The molecule has 0 aliphatic heterocycles. The zero-order valence-corrected chi connectivity index (χ0v) is 26.8. The Bertz CT molecular complexity index is 3650. The van der Waals surface area contributed by atoms with Crippen molar-refractivity contribution < 1.29 is 4.79 Å². The van der Waals surface area contributed by atoms with Gasteiger partial charge in [0.2, 0.25) is 0 Å². The molecular formula is C47H27NO. The van der Waals surface area contributed by atoms with Crippen molar-refractivity contribution in [2.45, 2.75) is 51.4 Å². The number of ketones is 1. The molecule has 0 radical (unpaired) electrons. The Balaban J connectivity index is 1.42. The second-order valence-corrected chi connectivity index (χ2v) is 16.2. The summed E-state index contributed by atoms with van der Waals surface area (Å²) < 4.78 is 0. The quantitative estimate of drug-likeness (QED) is 0.144. The molecule has 2 heteroatoms. The molecule has 0 aromatic heterocycles. The van der Waals surface area contributed by atoms with Crippen LogP contribution in [0.1, 0.15) is 62.5 Å². The smallest absolute Gasteiger partial charge is 0.186 e. The summed E-state index contributed by atoms with van der Waals surface area (Å²) in [5.41, 5.74) is 20.8. The maximum absolute atomic E-state index is 14.0. The molecule has 226 valence electrons. The molecule has 0 fully saturated rings. The zero-order valence-electron chi connectivity index (χ0n) is 26.8. The Kier molecular flexibility index (Phi) is 3.45. The van der Waals surface area contributed by atoms with Gasteiger partial charge in [-0.15, -0.1) is 0 Å². The zero-order chi connectivity index (χ0) is 31.3. The van der Waals surface area contributed by atoms with Crippen LogP contribution in [0.4, 0.5) is 5.69 Å². The van der Waals surface area contributed by atoms with Gasteiger partial charge in [0.15, 0.2) is 5.78 Å². The van der Waals surface area contributed by atoms with Gasteiger partial charge in [0.25, 0.3) is 0 Å². The summed E-state index contributed by atoms with van der Waals surface area (Å²) in [4.78, 5) is 14.0. The first-order valence-electron chi connectivity index (χ1n) is 18.2. The summed E-state index contributed by atoms with van der Waals surface area (Å²) >= 11 is 0. The number of fused-ring (bicyclic) bond motifs is 2. The van der Waals surface area contributed by atoms with Crippen molar-refractivity contribution >= 4 is 128 Å². The fourth-order valence-electron chi connectivity index (χ4n) is 12.7. The highest BCUT2D eigenvalue weighted by molar-refractivity contribution is 6.44. The van der Waals surface area contributed by atoms with Crippen LogP contribution in [0, 0.1) is 0 Å². The van der Waals surface area contributed by atoms with Gasteiger partial charge in [0.05, 0.1) is 0 Å². The molecule has 8 aliphatic rings. The van der Waals surface area contributed by atoms with Gasteiger partial charge in [0, 0.05) is 33.0 Å². The number of carbonyl (C=O) groups is 1. The van der Waals surface area contributed by atoms with Gasteiger partial charge in [0.1, 0.15) is 0 Å². The van der Waals surface area contributed by atoms with Crippen molar-refractivity contribution in [2.24, 2.45) is 0 Å². The Hall–Kier alpha value is -5.47. The fourth-order valence-corrected chi connectivity index (χ4v) is 12.7. The van der Waals surface area contributed by atoms with Crippen LogP contribution in [-0.2, 0) is 4.79 Å². The molecule has 0 spiro atoms. The standard InChI is InChI=1S/C47H27NO/c48-28-17-24-10-9-23-15-26-12-19-4-1-3-18-11-25-14-21-7-8-22-16-27-13-20-5-2-6-29(49)31(20)41-38(27)44-33(22)32(21)42-36(25)40(30(18)19)37(26)43-34(23)35(24)45(39(28)41)47(44)46(42)43/h1-3,6-7,10-11,14,17H,4-5,8-9,12-13,15-16,48H2. The third-order valence-electron chi connectivity index (χ3n) is 14.1.